The molecule has 0 radical (unpaired) electrons. The normalized spacial score (nSPS) is 27.7. The van der Waals surface area contributed by atoms with Crippen LogP contribution in [0, 0.1) is 0 Å². The topological polar surface area (TPSA) is 69.7 Å². The molecule has 1 saturated heterocycles. The van der Waals surface area contributed by atoms with Crippen LogP contribution in [0.3, 0.4) is 0 Å². The molecule has 13 heavy (non-hydrogen) atoms. The fourth-order valence-electron chi connectivity index (χ4n) is 1.40. The van der Waals surface area contributed by atoms with Crippen LogP contribution in [0.1, 0.15) is 6.42 Å². The molecule has 0 aromatic rings. The molecule has 0 amide bonds. The van der Waals surface area contributed by atoms with Gasteiger partial charge in [-0.25, -0.2) is 8.42 Å². The maximum Gasteiger partial charge on any atom is 0.334 e. The molecule has 0 saturated carbocycles. The molecule has 78 valence electrons. The van der Waals surface area contributed by atoms with E-state index in [9.17, 15) is 13.0 Å². The number of sulfone groups is 1. The van der Waals surface area contributed by atoms with Gasteiger partial charge >= 0.3 is 7.60 Å². The molecule has 5 nitrogen and oxygen atoms in total. The molecule has 1 aliphatic rings. The molecule has 0 aliphatic carbocycles. The van der Waals surface area contributed by atoms with Gasteiger partial charge in [-0.15, -0.1) is 0 Å². The minimum atomic E-state index is -3.19. The van der Waals surface area contributed by atoms with E-state index < -0.39 is 23.1 Å². The van der Waals surface area contributed by atoms with E-state index in [2.05, 4.69) is 0 Å². The number of rotatable bonds is 3. The highest BCUT2D eigenvalue weighted by atomic mass is 32.2. The molecule has 1 heterocycles. The first-order valence-corrected chi connectivity index (χ1v) is 7.28. The molecule has 0 bridgehead atoms. The van der Waals surface area contributed by atoms with Crippen LogP contribution in [-0.2, 0) is 23.4 Å². The molecule has 0 aromatic heterocycles. The molecule has 1 aliphatic heterocycles. The van der Waals surface area contributed by atoms with Crippen molar-refractivity contribution >= 4 is 17.4 Å². The van der Waals surface area contributed by atoms with Gasteiger partial charge in [0.05, 0.1) is 17.2 Å². The van der Waals surface area contributed by atoms with Crippen LogP contribution in [-0.4, -0.2) is 39.8 Å². The summed E-state index contributed by atoms with van der Waals surface area (Å²) < 4.78 is 43.4. The van der Waals surface area contributed by atoms with Gasteiger partial charge in [-0.2, -0.15) is 0 Å². The van der Waals surface area contributed by atoms with Gasteiger partial charge in [0, 0.05) is 14.2 Å². The summed E-state index contributed by atoms with van der Waals surface area (Å²) in [5, 5.41) is 0. The van der Waals surface area contributed by atoms with Crippen LogP contribution in [0.25, 0.3) is 0 Å². The second kappa shape index (κ2) is 3.69. The van der Waals surface area contributed by atoms with E-state index in [1.165, 1.54) is 14.2 Å². The molecular formula is C6H13O5PS. The molecule has 1 rings (SSSR count). The van der Waals surface area contributed by atoms with E-state index in [-0.39, 0.29) is 11.5 Å². The Hall–Kier alpha value is 0.100. The second-order valence-corrected chi connectivity index (χ2v) is 7.73. The first-order valence-electron chi connectivity index (χ1n) is 3.85. The summed E-state index contributed by atoms with van der Waals surface area (Å²) in [5.41, 5.74) is -0.493. The zero-order valence-electron chi connectivity index (χ0n) is 7.60. The van der Waals surface area contributed by atoms with Crippen LogP contribution >= 0.6 is 7.60 Å². The van der Waals surface area contributed by atoms with Crippen LogP contribution in [0.2, 0.25) is 0 Å². The standard InChI is InChI=1S/C6H13O5PS/c1-10-12(7,11-2)6-3-4-13(8,9)5-6/h6H,3-5H2,1-2H3/t6-/m1/s1. The van der Waals surface area contributed by atoms with Gasteiger partial charge in [-0.3, -0.25) is 4.57 Å². The van der Waals surface area contributed by atoms with Crippen LogP contribution in [0.4, 0.5) is 0 Å². The van der Waals surface area contributed by atoms with Gasteiger partial charge in [-0.05, 0) is 6.42 Å². The van der Waals surface area contributed by atoms with E-state index in [1.54, 1.807) is 0 Å². The van der Waals surface area contributed by atoms with Crippen LogP contribution in [0.15, 0.2) is 0 Å². The molecule has 0 unspecified atom stereocenters. The highest BCUT2D eigenvalue weighted by Crippen LogP contribution is 2.54. The third-order valence-corrected chi connectivity index (χ3v) is 6.53. The summed E-state index contributed by atoms with van der Waals surface area (Å²) >= 11 is 0. The van der Waals surface area contributed by atoms with Gasteiger partial charge in [0.2, 0.25) is 0 Å². The highest BCUT2D eigenvalue weighted by Gasteiger charge is 2.42. The van der Waals surface area contributed by atoms with Crippen molar-refractivity contribution < 1.29 is 22.0 Å². The van der Waals surface area contributed by atoms with Crippen LogP contribution in [0.5, 0.6) is 0 Å². The predicted octanol–water partition coefficient (Wildman–Crippen LogP) is 0.659. The number of hydrogen-bond donors (Lipinski definition) is 0. The van der Waals surface area contributed by atoms with Gasteiger partial charge < -0.3 is 9.05 Å². The summed E-state index contributed by atoms with van der Waals surface area (Å²) in [6.45, 7) is 0. The summed E-state index contributed by atoms with van der Waals surface area (Å²) in [5.74, 6) is -0.0136. The van der Waals surface area contributed by atoms with Crippen molar-refractivity contribution in [1.82, 2.24) is 0 Å². The van der Waals surface area contributed by atoms with E-state index >= 15 is 0 Å². The summed E-state index contributed by atoms with van der Waals surface area (Å²) in [4.78, 5) is 0. The largest absolute Gasteiger partial charge is 0.334 e. The lowest BCUT2D eigenvalue weighted by molar-refractivity contribution is 0.267. The van der Waals surface area contributed by atoms with Crippen molar-refractivity contribution in [2.24, 2.45) is 0 Å². The molecule has 7 heteroatoms. The average Bonchev–Trinajstić information content (AvgIpc) is 2.45. The van der Waals surface area contributed by atoms with E-state index in [4.69, 9.17) is 9.05 Å². The number of hydrogen-bond acceptors (Lipinski definition) is 5. The Labute approximate surface area is 77.9 Å². The predicted molar refractivity (Wildman–Crippen MR) is 48.7 cm³/mol. The van der Waals surface area contributed by atoms with Crippen molar-refractivity contribution in [3.8, 4) is 0 Å². The Bertz CT molecular complexity index is 314. The Morgan fingerprint density at radius 2 is 1.85 bits per heavy atom. The van der Waals surface area contributed by atoms with Crippen LogP contribution < -0.4 is 0 Å². The molecular weight excluding hydrogens is 215 g/mol. The monoisotopic (exact) mass is 228 g/mol. The summed E-state index contributed by atoms with van der Waals surface area (Å²) in [6.07, 6.45) is 0.362. The molecule has 0 spiro atoms. The zero-order valence-corrected chi connectivity index (χ0v) is 9.31. The highest BCUT2D eigenvalue weighted by molar-refractivity contribution is 7.92. The molecule has 1 fully saturated rings. The van der Waals surface area contributed by atoms with Crippen molar-refractivity contribution in [3.63, 3.8) is 0 Å². The Morgan fingerprint density at radius 1 is 1.31 bits per heavy atom. The lowest BCUT2D eigenvalue weighted by Crippen LogP contribution is -2.12. The lowest BCUT2D eigenvalue weighted by atomic mass is 10.4. The first-order chi connectivity index (χ1) is 5.93. The van der Waals surface area contributed by atoms with Gasteiger partial charge in [0.15, 0.2) is 9.84 Å². The van der Waals surface area contributed by atoms with Gasteiger partial charge in [0.1, 0.15) is 0 Å². The molecule has 0 N–H and O–H groups in total. The third-order valence-electron chi connectivity index (χ3n) is 2.16. The van der Waals surface area contributed by atoms with E-state index in [0.29, 0.717) is 6.42 Å². The maximum atomic E-state index is 11.7. The second-order valence-electron chi connectivity index (χ2n) is 2.96. The SMILES string of the molecule is COP(=O)(OC)[C@@H]1CCS(=O)(=O)C1. The maximum absolute atomic E-state index is 11.7. The Morgan fingerprint density at radius 3 is 2.15 bits per heavy atom. The first kappa shape index (κ1) is 11.2. The summed E-state index contributed by atoms with van der Waals surface area (Å²) in [7, 11) is -3.67. The molecule has 0 aromatic carbocycles. The van der Waals surface area contributed by atoms with E-state index in [0.717, 1.165) is 0 Å². The Balaban J connectivity index is 2.81. The van der Waals surface area contributed by atoms with Gasteiger partial charge in [0.25, 0.3) is 0 Å². The molecule has 1 atom stereocenters. The fourth-order valence-corrected chi connectivity index (χ4v) is 5.74. The van der Waals surface area contributed by atoms with E-state index in [1.807, 2.05) is 0 Å². The minimum absolute atomic E-state index is 0.0778. The minimum Gasteiger partial charge on any atom is -0.312 e. The van der Waals surface area contributed by atoms with Crippen molar-refractivity contribution in [2.75, 3.05) is 25.7 Å². The summed E-state index contributed by atoms with van der Waals surface area (Å²) in [6, 6.07) is 0. The lowest BCUT2D eigenvalue weighted by Gasteiger charge is -2.18. The van der Waals surface area contributed by atoms with Crippen molar-refractivity contribution in [3.05, 3.63) is 0 Å². The third kappa shape index (κ3) is 2.31. The quantitative estimate of drug-likeness (QED) is 0.663. The smallest absolute Gasteiger partial charge is 0.312 e. The van der Waals surface area contributed by atoms with Gasteiger partial charge in [-0.1, -0.05) is 0 Å². The average molecular weight is 228 g/mol. The zero-order chi connectivity index (χ0) is 10.1. The Kier molecular flexibility index (Phi) is 3.17. The van der Waals surface area contributed by atoms with Crippen molar-refractivity contribution in [2.45, 2.75) is 12.1 Å². The fraction of sp³-hybridized carbons (Fsp3) is 1.00. The van der Waals surface area contributed by atoms with Crippen molar-refractivity contribution in [1.29, 1.82) is 0 Å².